The summed E-state index contributed by atoms with van der Waals surface area (Å²) in [4.78, 5) is 22.0. The van der Waals surface area contributed by atoms with Crippen LogP contribution in [0.3, 0.4) is 0 Å². The van der Waals surface area contributed by atoms with Crippen molar-refractivity contribution < 1.29 is 9.90 Å². The number of hydrogen-bond acceptors (Lipinski definition) is 4. The summed E-state index contributed by atoms with van der Waals surface area (Å²) < 4.78 is 0.927. The number of nitrogens with two attached hydrogens (primary N) is 1. The summed E-state index contributed by atoms with van der Waals surface area (Å²) in [6.07, 6.45) is 0. The predicted octanol–water partition coefficient (Wildman–Crippen LogP) is -0.417. The smallest absolute Gasteiger partial charge is 0.254 e. The average molecular weight is 182 g/mol. The van der Waals surface area contributed by atoms with Crippen LogP contribution in [0.25, 0.3) is 0 Å². The zero-order valence-corrected chi connectivity index (χ0v) is 7.15. The Morgan fingerprint density at radius 3 is 2.69 bits per heavy atom. The first-order valence-corrected chi connectivity index (χ1v) is 3.69. The first-order valence-electron chi connectivity index (χ1n) is 3.69. The van der Waals surface area contributed by atoms with Crippen molar-refractivity contribution >= 4 is 11.6 Å². The minimum Gasteiger partial charge on any atom is -0.384 e. The number of nitrogens with zero attached hydrogens (tertiary/aromatic N) is 1. The van der Waals surface area contributed by atoms with Crippen LogP contribution in [0.2, 0.25) is 0 Å². The van der Waals surface area contributed by atoms with E-state index in [9.17, 15) is 9.59 Å². The number of nitrogen functional groups attached to an aromatic ring is 1. The third-order valence-electron chi connectivity index (χ3n) is 1.75. The molecule has 1 aromatic heterocycles. The topological polar surface area (TPSA) is 85.3 Å². The molecule has 0 aliphatic carbocycles. The molecule has 1 aromatic rings. The van der Waals surface area contributed by atoms with E-state index >= 15 is 0 Å². The van der Waals surface area contributed by atoms with E-state index < -0.39 is 12.3 Å². The largest absolute Gasteiger partial charge is 0.384 e. The van der Waals surface area contributed by atoms with Crippen LogP contribution in [0.15, 0.2) is 16.9 Å². The van der Waals surface area contributed by atoms with Crippen LogP contribution in [0.1, 0.15) is 17.3 Å². The van der Waals surface area contributed by atoms with Crippen molar-refractivity contribution in [2.24, 2.45) is 0 Å². The van der Waals surface area contributed by atoms with Crippen molar-refractivity contribution in [1.29, 1.82) is 0 Å². The fourth-order valence-electron chi connectivity index (χ4n) is 1.04. The SMILES string of the molecule is CC(=O)c1ccc(=O)n(CO)c1N. The van der Waals surface area contributed by atoms with Gasteiger partial charge < -0.3 is 10.8 Å². The zero-order valence-electron chi connectivity index (χ0n) is 7.15. The van der Waals surface area contributed by atoms with Crippen LogP contribution in [-0.2, 0) is 6.73 Å². The molecule has 3 N–H and O–H groups in total. The molecule has 0 aliphatic rings. The lowest BCUT2D eigenvalue weighted by Crippen LogP contribution is -2.24. The number of carbonyl (C=O) groups excluding carboxylic acids is 1. The summed E-state index contributed by atoms with van der Waals surface area (Å²) in [5.74, 6) is -0.234. The summed E-state index contributed by atoms with van der Waals surface area (Å²) >= 11 is 0. The first kappa shape index (κ1) is 9.47. The van der Waals surface area contributed by atoms with Gasteiger partial charge in [-0.3, -0.25) is 14.2 Å². The molecule has 0 saturated carbocycles. The number of hydrogen-bond donors (Lipinski definition) is 2. The number of anilines is 1. The van der Waals surface area contributed by atoms with Gasteiger partial charge in [-0.15, -0.1) is 0 Å². The second-order valence-electron chi connectivity index (χ2n) is 2.60. The van der Waals surface area contributed by atoms with E-state index in [0.717, 1.165) is 4.57 Å². The third-order valence-corrected chi connectivity index (χ3v) is 1.75. The molecule has 0 unspecified atom stereocenters. The van der Waals surface area contributed by atoms with Gasteiger partial charge in [-0.1, -0.05) is 0 Å². The van der Waals surface area contributed by atoms with Crippen LogP contribution >= 0.6 is 0 Å². The number of carbonyl (C=O) groups is 1. The molecule has 5 nitrogen and oxygen atoms in total. The summed E-state index contributed by atoms with van der Waals surface area (Å²) in [5.41, 5.74) is 5.30. The molecule has 0 aromatic carbocycles. The van der Waals surface area contributed by atoms with Gasteiger partial charge in [0.25, 0.3) is 5.56 Å². The standard InChI is InChI=1S/C8H10N2O3/c1-5(12)6-2-3-7(13)10(4-11)8(6)9/h2-3,11H,4,9H2,1H3. The van der Waals surface area contributed by atoms with Gasteiger partial charge in [-0.2, -0.15) is 0 Å². The van der Waals surface area contributed by atoms with Gasteiger partial charge in [0.15, 0.2) is 5.78 Å². The molecule has 0 saturated heterocycles. The minimum absolute atomic E-state index is 0.00231. The van der Waals surface area contributed by atoms with Gasteiger partial charge in [0.2, 0.25) is 0 Å². The Hall–Kier alpha value is -1.62. The van der Waals surface area contributed by atoms with E-state index in [1.165, 1.54) is 19.1 Å². The van der Waals surface area contributed by atoms with Gasteiger partial charge >= 0.3 is 0 Å². The number of Topliss-reactive ketones (excluding diaryl/α,β-unsaturated/α-hetero) is 1. The maximum atomic E-state index is 11.1. The Morgan fingerprint density at radius 1 is 1.62 bits per heavy atom. The summed E-state index contributed by atoms with van der Waals surface area (Å²) in [7, 11) is 0. The molecule has 1 rings (SSSR count). The Kier molecular flexibility index (Phi) is 2.48. The van der Waals surface area contributed by atoms with E-state index in [-0.39, 0.29) is 17.2 Å². The predicted molar refractivity (Wildman–Crippen MR) is 47.3 cm³/mol. The maximum absolute atomic E-state index is 11.1. The summed E-state index contributed by atoms with van der Waals surface area (Å²) in [6, 6.07) is 2.55. The molecule has 1 heterocycles. The lowest BCUT2D eigenvalue weighted by atomic mass is 10.2. The van der Waals surface area contributed by atoms with Crippen molar-refractivity contribution in [3.63, 3.8) is 0 Å². The molecule has 13 heavy (non-hydrogen) atoms. The van der Waals surface area contributed by atoms with Crippen LogP contribution < -0.4 is 11.3 Å². The molecular weight excluding hydrogens is 172 g/mol. The van der Waals surface area contributed by atoms with Gasteiger partial charge in [-0.05, 0) is 13.0 Å². The van der Waals surface area contributed by atoms with E-state index in [0.29, 0.717) is 0 Å². The normalized spacial score (nSPS) is 10.0. The van der Waals surface area contributed by atoms with Crippen molar-refractivity contribution in [1.82, 2.24) is 4.57 Å². The monoisotopic (exact) mass is 182 g/mol. The zero-order chi connectivity index (χ0) is 10.0. The highest BCUT2D eigenvalue weighted by Gasteiger charge is 2.08. The molecule has 0 aliphatic heterocycles. The van der Waals surface area contributed by atoms with Gasteiger partial charge in [0, 0.05) is 6.07 Å². The molecule has 0 spiro atoms. The highest BCUT2D eigenvalue weighted by Crippen LogP contribution is 2.08. The second-order valence-corrected chi connectivity index (χ2v) is 2.60. The van der Waals surface area contributed by atoms with Crippen molar-refractivity contribution in [2.75, 3.05) is 5.73 Å². The summed E-state index contributed by atoms with van der Waals surface area (Å²) in [6.45, 7) is 0.823. The van der Waals surface area contributed by atoms with E-state index in [1.54, 1.807) is 0 Å². The van der Waals surface area contributed by atoms with Crippen molar-refractivity contribution in [2.45, 2.75) is 13.7 Å². The number of aliphatic hydroxyl groups excluding tert-OH is 1. The highest BCUT2D eigenvalue weighted by molar-refractivity contribution is 5.98. The molecule has 5 heteroatoms. The molecule has 0 amide bonds. The van der Waals surface area contributed by atoms with Gasteiger partial charge in [0.05, 0.1) is 5.56 Å². The van der Waals surface area contributed by atoms with Crippen LogP contribution in [0.4, 0.5) is 5.82 Å². The van der Waals surface area contributed by atoms with Gasteiger partial charge in [-0.25, -0.2) is 0 Å². The average Bonchev–Trinajstić information content (AvgIpc) is 2.04. The fourth-order valence-corrected chi connectivity index (χ4v) is 1.04. The highest BCUT2D eigenvalue weighted by atomic mass is 16.3. The maximum Gasteiger partial charge on any atom is 0.254 e. The number of pyridine rings is 1. The number of aromatic nitrogens is 1. The van der Waals surface area contributed by atoms with Crippen LogP contribution in [0, 0.1) is 0 Å². The Balaban J connectivity index is 3.45. The molecule has 0 atom stereocenters. The third kappa shape index (κ3) is 1.59. The molecule has 0 radical (unpaired) electrons. The second kappa shape index (κ2) is 3.40. The van der Waals surface area contributed by atoms with Crippen LogP contribution in [-0.4, -0.2) is 15.5 Å². The fraction of sp³-hybridized carbons (Fsp3) is 0.250. The van der Waals surface area contributed by atoms with Crippen molar-refractivity contribution in [3.8, 4) is 0 Å². The lowest BCUT2D eigenvalue weighted by molar-refractivity contribution is 0.101. The Morgan fingerprint density at radius 2 is 2.23 bits per heavy atom. The Bertz CT molecular complexity index is 395. The molecule has 70 valence electrons. The molecular formula is C8H10N2O3. The first-order chi connectivity index (χ1) is 6.07. The van der Waals surface area contributed by atoms with Crippen molar-refractivity contribution in [3.05, 3.63) is 28.0 Å². The Labute approximate surface area is 74.4 Å². The number of rotatable bonds is 2. The van der Waals surface area contributed by atoms with Gasteiger partial charge in [0.1, 0.15) is 12.5 Å². The number of ketones is 1. The van der Waals surface area contributed by atoms with Crippen LogP contribution in [0.5, 0.6) is 0 Å². The van der Waals surface area contributed by atoms with E-state index in [2.05, 4.69) is 0 Å². The molecule has 0 fully saturated rings. The van der Waals surface area contributed by atoms with E-state index in [4.69, 9.17) is 10.8 Å². The molecule has 0 bridgehead atoms. The number of aliphatic hydroxyl groups is 1. The summed E-state index contributed by atoms with van der Waals surface area (Å²) in [5, 5.41) is 8.78. The minimum atomic E-state index is -0.522. The van der Waals surface area contributed by atoms with E-state index in [1.807, 2.05) is 0 Å². The quantitative estimate of drug-likeness (QED) is 0.608. The lowest BCUT2D eigenvalue weighted by Gasteiger charge is -2.08.